The Labute approximate surface area is 113 Å². The molecular weight excluding hydrogens is 238 g/mol. The fourth-order valence-corrected chi connectivity index (χ4v) is 2.37. The summed E-state index contributed by atoms with van der Waals surface area (Å²) in [6.07, 6.45) is 6.10. The number of aryl methyl sites for hydroxylation is 1. The van der Waals surface area contributed by atoms with E-state index in [-0.39, 0.29) is 0 Å². The Hall–Kier alpha value is -1.54. The van der Waals surface area contributed by atoms with Crippen molar-refractivity contribution in [1.29, 1.82) is 0 Å². The van der Waals surface area contributed by atoms with Gasteiger partial charge in [0.05, 0.1) is 0 Å². The Morgan fingerprint density at radius 2 is 1.78 bits per heavy atom. The van der Waals surface area contributed by atoms with E-state index >= 15 is 0 Å². The van der Waals surface area contributed by atoms with Crippen LogP contribution in [0.1, 0.15) is 23.7 Å². The number of benzene rings is 1. The van der Waals surface area contributed by atoms with E-state index in [0.717, 1.165) is 11.4 Å². The number of rotatable bonds is 4. The van der Waals surface area contributed by atoms with E-state index in [1.165, 1.54) is 16.0 Å². The zero-order valence-corrected chi connectivity index (χ0v) is 11.6. The van der Waals surface area contributed by atoms with Gasteiger partial charge in [-0.05, 0) is 48.1 Å². The summed E-state index contributed by atoms with van der Waals surface area (Å²) in [5.74, 6) is 1.12. The van der Waals surface area contributed by atoms with Crippen molar-refractivity contribution in [1.82, 2.24) is 4.98 Å². The first kappa shape index (κ1) is 12.9. The van der Waals surface area contributed by atoms with Gasteiger partial charge in [-0.25, -0.2) is 0 Å². The molecule has 2 heteroatoms. The Balaban J connectivity index is 2.09. The topological polar surface area (TPSA) is 12.9 Å². The molecule has 1 aromatic carbocycles. The molecule has 2 aromatic rings. The maximum absolute atomic E-state index is 4.19. The molecule has 0 saturated carbocycles. The lowest BCUT2D eigenvalue weighted by atomic mass is 10.1. The smallest absolute Gasteiger partial charge is 0.0378 e. The molecule has 0 N–H and O–H groups in total. The molecule has 0 saturated heterocycles. The molecule has 1 nitrogen and oxygen atoms in total. The van der Waals surface area contributed by atoms with Crippen LogP contribution in [-0.4, -0.2) is 10.7 Å². The van der Waals surface area contributed by atoms with Crippen LogP contribution in [0.15, 0.2) is 47.5 Å². The first-order valence-corrected chi connectivity index (χ1v) is 7.10. The van der Waals surface area contributed by atoms with Gasteiger partial charge in [0.2, 0.25) is 0 Å². The molecule has 0 amide bonds. The molecule has 1 heterocycles. The van der Waals surface area contributed by atoms with Gasteiger partial charge in [-0.1, -0.05) is 31.2 Å². The highest BCUT2D eigenvalue weighted by molar-refractivity contribution is 7.99. The van der Waals surface area contributed by atoms with Crippen molar-refractivity contribution in [3.63, 3.8) is 0 Å². The van der Waals surface area contributed by atoms with Gasteiger partial charge in [0, 0.05) is 16.8 Å². The van der Waals surface area contributed by atoms with Gasteiger partial charge in [0.1, 0.15) is 0 Å². The predicted octanol–water partition coefficient (Wildman–Crippen LogP) is 4.67. The summed E-state index contributed by atoms with van der Waals surface area (Å²) in [4.78, 5) is 5.52. The average molecular weight is 255 g/mol. The largest absolute Gasteiger partial charge is 0.262 e. The number of thioether (sulfide) groups is 1. The number of aromatic nitrogens is 1. The quantitative estimate of drug-likeness (QED) is 0.736. The Morgan fingerprint density at radius 1 is 1.06 bits per heavy atom. The maximum atomic E-state index is 4.19. The average Bonchev–Trinajstić information content (AvgIpc) is 2.38. The minimum absolute atomic E-state index is 1.05. The molecule has 0 fully saturated rings. The third-order valence-corrected chi connectivity index (χ3v) is 3.47. The van der Waals surface area contributed by atoms with E-state index in [0.29, 0.717) is 0 Å². The lowest BCUT2D eigenvalue weighted by molar-refractivity contribution is 1.20. The fourth-order valence-electron chi connectivity index (χ4n) is 1.71. The lowest BCUT2D eigenvalue weighted by Gasteiger charge is -1.99. The maximum Gasteiger partial charge on any atom is 0.0378 e. The van der Waals surface area contributed by atoms with E-state index in [2.05, 4.69) is 54.4 Å². The number of hydrogen-bond donors (Lipinski definition) is 0. The molecule has 1 aromatic heterocycles. The molecule has 0 aliphatic heterocycles. The van der Waals surface area contributed by atoms with Gasteiger partial charge in [0.25, 0.3) is 0 Å². The second-order valence-electron chi connectivity index (χ2n) is 4.07. The standard InChI is InChI=1S/C16H17NS/c1-3-18-16-8-6-14(7-9-16)4-5-15-10-11-17-13(2)12-15/h4-12H,3H2,1-2H3/b5-4+. The van der Waals surface area contributed by atoms with Crippen LogP contribution in [0.4, 0.5) is 0 Å². The molecule has 18 heavy (non-hydrogen) atoms. The van der Waals surface area contributed by atoms with Crippen LogP contribution in [0.3, 0.4) is 0 Å². The molecule has 0 unspecified atom stereocenters. The second kappa shape index (κ2) is 6.41. The summed E-state index contributed by atoms with van der Waals surface area (Å²) in [7, 11) is 0. The van der Waals surface area contributed by atoms with Crippen molar-refractivity contribution in [2.45, 2.75) is 18.7 Å². The first-order valence-electron chi connectivity index (χ1n) is 6.11. The summed E-state index contributed by atoms with van der Waals surface area (Å²) in [6, 6.07) is 12.8. The van der Waals surface area contributed by atoms with Crippen molar-refractivity contribution in [2.75, 3.05) is 5.75 Å². The highest BCUT2D eigenvalue weighted by Crippen LogP contribution is 2.18. The molecule has 0 bridgehead atoms. The SMILES string of the molecule is CCSc1ccc(/C=C/c2ccnc(C)c2)cc1. The fraction of sp³-hybridized carbons (Fsp3) is 0.188. The summed E-state index contributed by atoms with van der Waals surface area (Å²) >= 11 is 1.87. The Morgan fingerprint density at radius 3 is 2.44 bits per heavy atom. The van der Waals surface area contributed by atoms with Crippen LogP contribution in [0.5, 0.6) is 0 Å². The monoisotopic (exact) mass is 255 g/mol. The minimum Gasteiger partial charge on any atom is -0.262 e. The van der Waals surface area contributed by atoms with E-state index in [9.17, 15) is 0 Å². The van der Waals surface area contributed by atoms with Crippen molar-refractivity contribution in [2.24, 2.45) is 0 Å². The van der Waals surface area contributed by atoms with Crippen LogP contribution in [-0.2, 0) is 0 Å². The van der Waals surface area contributed by atoms with Crippen molar-refractivity contribution in [3.8, 4) is 0 Å². The molecule has 0 radical (unpaired) electrons. The van der Waals surface area contributed by atoms with Gasteiger partial charge in [-0.3, -0.25) is 4.98 Å². The summed E-state index contributed by atoms with van der Waals surface area (Å²) in [6.45, 7) is 4.18. The van der Waals surface area contributed by atoms with E-state index in [4.69, 9.17) is 0 Å². The predicted molar refractivity (Wildman–Crippen MR) is 80.7 cm³/mol. The van der Waals surface area contributed by atoms with Gasteiger partial charge >= 0.3 is 0 Å². The van der Waals surface area contributed by atoms with Crippen LogP contribution in [0.2, 0.25) is 0 Å². The molecule has 0 spiro atoms. The summed E-state index contributed by atoms with van der Waals surface area (Å²) < 4.78 is 0. The van der Waals surface area contributed by atoms with Crippen LogP contribution in [0, 0.1) is 6.92 Å². The number of hydrogen-bond acceptors (Lipinski definition) is 2. The molecule has 0 aliphatic carbocycles. The molecule has 2 rings (SSSR count). The summed E-state index contributed by atoms with van der Waals surface area (Å²) in [5.41, 5.74) is 3.46. The van der Waals surface area contributed by atoms with Crippen LogP contribution >= 0.6 is 11.8 Å². The van der Waals surface area contributed by atoms with Crippen molar-refractivity contribution < 1.29 is 0 Å². The van der Waals surface area contributed by atoms with Gasteiger partial charge < -0.3 is 0 Å². The van der Waals surface area contributed by atoms with Crippen LogP contribution in [0.25, 0.3) is 12.2 Å². The highest BCUT2D eigenvalue weighted by atomic mass is 32.2. The highest BCUT2D eigenvalue weighted by Gasteiger charge is 1.92. The molecule has 92 valence electrons. The van der Waals surface area contributed by atoms with Crippen molar-refractivity contribution >= 4 is 23.9 Å². The van der Waals surface area contributed by atoms with Gasteiger partial charge in [0.15, 0.2) is 0 Å². The van der Waals surface area contributed by atoms with Gasteiger partial charge in [-0.15, -0.1) is 11.8 Å². The number of pyridine rings is 1. The summed E-state index contributed by atoms with van der Waals surface area (Å²) in [5, 5.41) is 0. The first-order chi connectivity index (χ1) is 8.78. The van der Waals surface area contributed by atoms with Crippen LogP contribution < -0.4 is 0 Å². The zero-order chi connectivity index (χ0) is 12.8. The third-order valence-electron chi connectivity index (χ3n) is 2.58. The van der Waals surface area contributed by atoms with E-state index in [1.807, 2.05) is 30.9 Å². The zero-order valence-electron chi connectivity index (χ0n) is 10.8. The third kappa shape index (κ3) is 3.74. The number of nitrogens with zero attached hydrogens (tertiary/aromatic N) is 1. The van der Waals surface area contributed by atoms with Crippen molar-refractivity contribution in [3.05, 3.63) is 59.4 Å². The molecule has 0 atom stereocenters. The Kier molecular flexibility index (Phi) is 4.59. The lowest BCUT2D eigenvalue weighted by Crippen LogP contribution is -1.80. The van der Waals surface area contributed by atoms with Gasteiger partial charge in [-0.2, -0.15) is 0 Å². The Bertz CT molecular complexity index is 529. The molecule has 0 aliphatic rings. The minimum atomic E-state index is 1.05. The normalized spacial score (nSPS) is 11.0. The second-order valence-corrected chi connectivity index (χ2v) is 5.40. The van der Waals surface area contributed by atoms with E-state index in [1.54, 1.807) is 0 Å². The molecular formula is C16H17NS. The van der Waals surface area contributed by atoms with E-state index < -0.39 is 0 Å².